The molecule has 0 aromatic carbocycles. The van der Waals surface area contributed by atoms with E-state index < -0.39 is 0 Å². The summed E-state index contributed by atoms with van der Waals surface area (Å²) in [6.45, 7) is 0.775. The van der Waals surface area contributed by atoms with Gasteiger partial charge in [0, 0.05) is 0 Å². The lowest BCUT2D eigenvalue weighted by Gasteiger charge is -2.30. The molecular formula is C6H13NO. The molecule has 8 heavy (non-hydrogen) atoms. The minimum Gasteiger partial charge on any atom is -0.393 e. The van der Waals surface area contributed by atoms with Crippen molar-refractivity contribution in [2.24, 2.45) is 11.7 Å². The molecule has 0 aliphatic heterocycles. The second-order valence-electron chi connectivity index (χ2n) is 2.57. The first-order valence-electron chi connectivity index (χ1n) is 3.21. The Labute approximate surface area is 49.7 Å². The van der Waals surface area contributed by atoms with Gasteiger partial charge in [-0.2, -0.15) is 0 Å². The summed E-state index contributed by atoms with van der Waals surface area (Å²) in [5, 5.41) is 8.80. The molecule has 0 saturated heterocycles. The fourth-order valence-corrected chi connectivity index (χ4v) is 1.17. The van der Waals surface area contributed by atoms with E-state index in [2.05, 4.69) is 0 Å². The van der Waals surface area contributed by atoms with Gasteiger partial charge in [-0.15, -0.1) is 0 Å². The smallest absolute Gasteiger partial charge is 0.0545 e. The highest BCUT2D eigenvalue weighted by atomic mass is 16.3. The summed E-state index contributed by atoms with van der Waals surface area (Å²) in [4.78, 5) is 0. The highest BCUT2D eigenvalue weighted by Crippen LogP contribution is 2.29. The molecule has 1 rings (SSSR count). The summed E-state index contributed by atoms with van der Waals surface area (Å²) in [5.41, 5.74) is 5.30. The van der Waals surface area contributed by atoms with Crippen LogP contribution in [-0.2, 0) is 0 Å². The number of nitrogens with two attached hydrogens (primary N) is 1. The van der Waals surface area contributed by atoms with Gasteiger partial charge < -0.3 is 10.8 Å². The number of hydrogen-bond acceptors (Lipinski definition) is 2. The highest BCUT2D eigenvalue weighted by Gasteiger charge is 2.25. The summed E-state index contributed by atoms with van der Waals surface area (Å²) in [6.07, 6.45) is 3.05. The van der Waals surface area contributed by atoms with Crippen LogP contribution in [0, 0.1) is 5.92 Å². The van der Waals surface area contributed by atoms with Crippen molar-refractivity contribution in [1.29, 1.82) is 0 Å². The Bertz CT molecular complexity index is 66.2. The Morgan fingerprint density at radius 3 is 2.50 bits per heavy atom. The first-order chi connectivity index (χ1) is 3.83. The van der Waals surface area contributed by atoms with Crippen LogP contribution in [0.3, 0.4) is 0 Å². The average molecular weight is 115 g/mol. The van der Waals surface area contributed by atoms with E-state index in [0.29, 0.717) is 0 Å². The Hall–Kier alpha value is -0.0800. The SMILES string of the molecule is NCCC1CC(O)C1. The molecule has 1 aliphatic rings. The molecule has 0 unspecified atom stereocenters. The number of aliphatic hydroxyl groups excluding tert-OH is 1. The first kappa shape index (κ1) is 6.05. The maximum absolute atomic E-state index is 8.80. The van der Waals surface area contributed by atoms with Gasteiger partial charge in [0.15, 0.2) is 0 Å². The largest absolute Gasteiger partial charge is 0.393 e. The van der Waals surface area contributed by atoms with E-state index in [1.807, 2.05) is 0 Å². The molecule has 0 aromatic rings. The topological polar surface area (TPSA) is 46.2 Å². The van der Waals surface area contributed by atoms with Crippen molar-refractivity contribution in [2.75, 3.05) is 6.54 Å². The molecule has 1 fully saturated rings. The van der Waals surface area contributed by atoms with Gasteiger partial charge in [-0.25, -0.2) is 0 Å². The van der Waals surface area contributed by atoms with Crippen molar-refractivity contribution in [3.63, 3.8) is 0 Å². The number of hydrogen-bond donors (Lipinski definition) is 2. The van der Waals surface area contributed by atoms with E-state index >= 15 is 0 Å². The van der Waals surface area contributed by atoms with Crippen molar-refractivity contribution < 1.29 is 5.11 Å². The molecule has 0 amide bonds. The third kappa shape index (κ3) is 1.20. The van der Waals surface area contributed by atoms with E-state index in [1.165, 1.54) is 0 Å². The Kier molecular flexibility index (Phi) is 1.86. The van der Waals surface area contributed by atoms with Crippen LogP contribution in [0.25, 0.3) is 0 Å². The van der Waals surface area contributed by atoms with Gasteiger partial charge in [-0.3, -0.25) is 0 Å². The van der Waals surface area contributed by atoms with Crippen LogP contribution in [0.4, 0.5) is 0 Å². The summed E-state index contributed by atoms with van der Waals surface area (Å²) >= 11 is 0. The monoisotopic (exact) mass is 115 g/mol. The lowest BCUT2D eigenvalue weighted by atomic mass is 9.80. The lowest BCUT2D eigenvalue weighted by molar-refractivity contribution is 0.0403. The first-order valence-corrected chi connectivity index (χ1v) is 3.21. The third-order valence-electron chi connectivity index (χ3n) is 1.79. The molecule has 2 heteroatoms. The van der Waals surface area contributed by atoms with E-state index in [0.717, 1.165) is 31.7 Å². The van der Waals surface area contributed by atoms with Crippen molar-refractivity contribution in [1.82, 2.24) is 0 Å². The highest BCUT2D eigenvalue weighted by molar-refractivity contribution is 4.78. The number of rotatable bonds is 2. The van der Waals surface area contributed by atoms with Crippen LogP contribution >= 0.6 is 0 Å². The molecule has 0 heterocycles. The molecule has 0 aromatic heterocycles. The van der Waals surface area contributed by atoms with Gasteiger partial charge in [0.2, 0.25) is 0 Å². The molecule has 0 spiro atoms. The summed E-state index contributed by atoms with van der Waals surface area (Å²) < 4.78 is 0. The second kappa shape index (κ2) is 2.46. The molecular weight excluding hydrogens is 102 g/mol. The Balaban J connectivity index is 1.98. The van der Waals surface area contributed by atoms with E-state index in [-0.39, 0.29) is 6.10 Å². The fraction of sp³-hybridized carbons (Fsp3) is 1.00. The Morgan fingerprint density at radius 1 is 1.50 bits per heavy atom. The zero-order valence-electron chi connectivity index (χ0n) is 5.01. The third-order valence-corrected chi connectivity index (χ3v) is 1.79. The molecule has 1 saturated carbocycles. The van der Waals surface area contributed by atoms with E-state index in [9.17, 15) is 0 Å². The van der Waals surface area contributed by atoms with Gasteiger partial charge in [-0.1, -0.05) is 0 Å². The lowest BCUT2D eigenvalue weighted by Crippen LogP contribution is -2.29. The van der Waals surface area contributed by atoms with Gasteiger partial charge in [0.1, 0.15) is 0 Å². The number of aliphatic hydroxyl groups is 1. The van der Waals surface area contributed by atoms with Crippen LogP contribution in [0.5, 0.6) is 0 Å². The molecule has 2 nitrogen and oxygen atoms in total. The van der Waals surface area contributed by atoms with Crippen LogP contribution < -0.4 is 5.73 Å². The van der Waals surface area contributed by atoms with Gasteiger partial charge in [0.05, 0.1) is 6.10 Å². The summed E-state index contributed by atoms with van der Waals surface area (Å²) in [7, 11) is 0. The molecule has 0 radical (unpaired) electrons. The van der Waals surface area contributed by atoms with Crippen molar-refractivity contribution >= 4 is 0 Å². The van der Waals surface area contributed by atoms with Crippen LogP contribution in [0.1, 0.15) is 19.3 Å². The zero-order chi connectivity index (χ0) is 5.98. The van der Waals surface area contributed by atoms with Crippen molar-refractivity contribution in [3.05, 3.63) is 0 Å². The van der Waals surface area contributed by atoms with E-state index in [4.69, 9.17) is 10.8 Å². The quantitative estimate of drug-likeness (QED) is 0.536. The van der Waals surface area contributed by atoms with Crippen LogP contribution in [-0.4, -0.2) is 17.8 Å². The molecule has 0 atom stereocenters. The zero-order valence-corrected chi connectivity index (χ0v) is 5.01. The molecule has 1 aliphatic carbocycles. The standard InChI is InChI=1S/C6H13NO/c7-2-1-5-3-6(8)4-5/h5-6,8H,1-4,7H2. The molecule has 48 valence electrons. The van der Waals surface area contributed by atoms with Gasteiger partial charge >= 0.3 is 0 Å². The second-order valence-corrected chi connectivity index (χ2v) is 2.57. The van der Waals surface area contributed by atoms with Crippen LogP contribution in [0.2, 0.25) is 0 Å². The summed E-state index contributed by atoms with van der Waals surface area (Å²) in [6, 6.07) is 0. The van der Waals surface area contributed by atoms with E-state index in [1.54, 1.807) is 0 Å². The van der Waals surface area contributed by atoms with Gasteiger partial charge in [0.25, 0.3) is 0 Å². The predicted octanol–water partition coefficient (Wildman–Crippen LogP) is 0.106. The average Bonchev–Trinajstić information content (AvgIpc) is 1.64. The predicted molar refractivity (Wildman–Crippen MR) is 32.4 cm³/mol. The summed E-state index contributed by atoms with van der Waals surface area (Å²) in [5.74, 6) is 0.731. The Morgan fingerprint density at radius 2 is 2.12 bits per heavy atom. The van der Waals surface area contributed by atoms with Crippen molar-refractivity contribution in [2.45, 2.75) is 25.4 Å². The fourth-order valence-electron chi connectivity index (χ4n) is 1.17. The maximum atomic E-state index is 8.80. The normalized spacial score (nSPS) is 36.8. The van der Waals surface area contributed by atoms with Crippen LogP contribution in [0.15, 0.2) is 0 Å². The molecule has 3 N–H and O–H groups in total. The van der Waals surface area contributed by atoms with Gasteiger partial charge in [-0.05, 0) is 31.7 Å². The minimum atomic E-state index is -0.00782. The molecule has 0 bridgehead atoms. The maximum Gasteiger partial charge on any atom is 0.0545 e. The van der Waals surface area contributed by atoms with Crippen molar-refractivity contribution in [3.8, 4) is 0 Å². The minimum absolute atomic E-state index is 0.00782.